The van der Waals surface area contributed by atoms with Gasteiger partial charge in [0, 0.05) is 25.7 Å². The number of hydrogen-bond donors (Lipinski definition) is 1. The van der Waals surface area contributed by atoms with Gasteiger partial charge in [-0.3, -0.25) is 14.4 Å². The Kier molecular flexibility index (Phi) is 6.17. The molecule has 0 saturated carbocycles. The summed E-state index contributed by atoms with van der Waals surface area (Å²) in [4.78, 5) is 38.9. The number of rotatable bonds is 5. The second-order valence-corrected chi connectivity index (χ2v) is 6.96. The van der Waals surface area contributed by atoms with Gasteiger partial charge in [-0.2, -0.15) is 0 Å². The molecule has 25 heavy (non-hydrogen) atoms. The first kappa shape index (κ1) is 19.0. The van der Waals surface area contributed by atoms with E-state index in [-0.39, 0.29) is 24.9 Å². The summed E-state index contributed by atoms with van der Waals surface area (Å²) in [5, 5.41) is 9.12. The van der Waals surface area contributed by atoms with Crippen molar-refractivity contribution in [1.29, 1.82) is 0 Å². The maximum absolute atomic E-state index is 12.5. The van der Waals surface area contributed by atoms with Crippen molar-refractivity contribution in [3.8, 4) is 0 Å². The highest BCUT2D eigenvalue weighted by atomic mass is 16.4. The van der Waals surface area contributed by atoms with E-state index in [9.17, 15) is 14.4 Å². The van der Waals surface area contributed by atoms with Crippen LogP contribution in [0.2, 0.25) is 0 Å². The zero-order valence-electron chi connectivity index (χ0n) is 15.1. The molecular weight excluding hydrogens is 320 g/mol. The van der Waals surface area contributed by atoms with Gasteiger partial charge >= 0.3 is 5.97 Å². The number of likely N-dealkylation sites (N-methyl/N-ethyl adjacent to an activating group) is 1. The molecule has 0 spiro atoms. The highest BCUT2D eigenvalue weighted by molar-refractivity contribution is 5.96. The first-order valence-electron chi connectivity index (χ1n) is 8.65. The largest absolute Gasteiger partial charge is 0.481 e. The molecule has 1 aliphatic rings. The second kappa shape index (κ2) is 8.14. The maximum Gasteiger partial charge on any atom is 0.308 e. The number of carboxylic acids is 1. The molecule has 1 heterocycles. The Morgan fingerprint density at radius 1 is 1.24 bits per heavy atom. The summed E-state index contributed by atoms with van der Waals surface area (Å²) in [5.74, 6) is -1.41. The Hall–Kier alpha value is -2.37. The van der Waals surface area contributed by atoms with Crippen molar-refractivity contribution in [2.24, 2.45) is 5.92 Å². The van der Waals surface area contributed by atoms with Gasteiger partial charge in [0.2, 0.25) is 5.91 Å². The van der Waals surface area contributed by atoms with Crippen LogP contribution >= 0.6 is 0 Å². The van der Waals surface area contributed by atoms with Crippen LogP contribution in [0.25, 0.3) is 0 Å². The van der Waals surface area contributed by atoms with Crippen LogP contribution in [0.1, 0.15) is 48.5 Å². The van der Waals surface area contributed by atoms with Crippen molar-refractivity contribution in [1.82, 2.24) is 9.80 Å². The summed E-state index contributed by atoms with van der Waals surface area (Å²) in [6.45, 7) is 4.90. The molecule has 6 heteroatoms. The topological polar surface area (TPSA) is 77.9 Å². The Morgan fingerprint density at radius 2 is 1.88 bits per heavy atom. The summed E-state index contributed by atoms with van der Waals surface area (Å²) in [7, 11) is 1.59. The molecule has 0 radical (unpaired) electrons. The minimum Gasteiger partial charge on any atom is -0.481 e. The quantitative estimate of drug-likeness (QED) is 0.887. The Bertz CT molecular complexity index is 639. The molecule has 2 amide bonds. The zero-order chi connectivity index (χ0) is 18.6. The number of likely N-dealkylation sites (tertiary alicyclic amines) is 1. The molecule has 1 saturated heterocycles. The molecular formula is C19H26N2O4. The van der Waals surface area contributed by atoms with Gasteiger partial charge in [0.05, 0.1) is 12.5 Å². The van der Waals surface area contributed by atoms with E-state index >= 15 is 0 Å². The van der Waals surface area contributed by atoms with Gasteiger partial charge in [-0.15, -0.1) is 0 Å². The SMILES string of the molecule is CC(C)c1ccc(C(=O)N(C)CC(=O)N2CCCC(C(=O)O)C2)cc1. The molecule has 0 aliphatic carbocycles. The van der Waals surface area contributed by atoms with E-state index in [1.54, 1.807) is 24.1 Å². The van der Waals surface area contributed by atoms with Crippen molar-refractivity contribution in [2.75, 3.05) is 26.7 Å². The third-order valence-electron chi connectivity index (χ3n) is 4.67. The predicted octanol–water partition coefficient (Wildman–Crippen LogP) is 2.21. The molecule has 136 valence electrons. The van der Waals surface area contributed by atoms with E-state index in [1.807, 2.05) is 12.1 Å². The molecule has 1 N–H and O–H groups in total. The summed E-state index contributed by atoms with van der Waals surface area (Å²) in [5.41, 5.74) is 1.70. The number of amides is 2. The Balaban J connectivity index is 1.95. The fourth-order valence-corrected chi connectivity index (χ4v) is 3.01. The van der Waals surface area contributed by atoms with Gasteiger partial charge in [0.1, 0.15) is 0 Å². The van der Waals surface area contributed by atoms with Crippen LogP contribution in [0, 0.1) is 5.92 Å². The van der Waals surface area contributed by atoms with Crippen molar-refractivity contribution in [3.05, 3.63) is 35.4 Å². The minimum atomic E-state index is -0.868. The number of carbonyl (C=O) groups excluding carboxylic acids is 2. The number of piperidine rings is 1. The van der Waals surface area contributed by atoms with Gasteiger partial charge in [-0.05, 0) is 36.5 Å². The lowest BCUT2D eigenvalue weighted by Gasteiger charge is -2.32. The molecule has 1 aromatic rings. The summed E-state index contributed by atoms with van der Waals surface area (Å²) >= 11 is 0. The number of carboxylic acid groups (broad SMARTS) is 1. The first-order chi connectivity index (χ1) is 11.8. The highest BCUT2D eigenvalue weighted by Gasteiger charge is 2.29. The third kappa shape index (κ3) is 4.81. The van der Waals surface area contributed by atoms with Crippen molar-refractivity contribution < 1.29 is 19.5 Å². The van der Waals surface area contributed by atoms with Gasteiger partial charge in [-0.1, -0.05) is 26.0 Å². The monoisotopic (exact) mass is 346 g/mol. The second-order valence-electron chi connectivity index (χ2n) is 6.96. The van der Waals surface area contributed by atoms with Crippen LogP contribution in [0.3, 0.4) is 0 Å². The van der Waals surface area contributed by atoms with E-state index in [1.165, 1.54) is 4.90 Å². The molecule has 0 bridgehead atoms. The average molecular weight is 346 g/mol. The third-order valence-corrected chi connectivity index (χ3v) is 4.67. The maximum atomic E-state index is 12.5. The predicted molar refractivity (Wildman–Crippen MR) is 94.4 cm³/mol. The van der Waals surface area contributed by atoms with Gasteiger partial charge in [0.15, 0.2) is 0 Å². The van der Waals surface area contributed by atoms with E-state index in [4.69, 9.17) is 5.11 Å². The van der Waals surface area contributed by atoms with Crippen LogP contribution in [0.5, 0.6) is 0 Å². The van der Waals surface area contributed by atoms with Crippen molar-refractivity contribution >= 4 is 17.8 Å². The summed E-state index contributed by atoms with van der Waals surface area (Å²) in [6.07, 6.45) is 1.27. The lowest BCUT2D eigenvalue weighted by molar-refractivity contribution is -0.145. The first-order valence-corrected chi connectivity index (χ1v) is 8.65. The van der Waals surface area contributed by atoms with Crippen LogP contribution in [-0.4, -0.2) is 59.4 Å². The number of aliphatic carboxylic acids is 1. The number of hydrogen-bond acceptors (Lipinski definition) is 3. The molecule has 1 aliphatic heterocycles. The van der Waals surface area contributed by atoms with Gasteiger partial charge < -0.3 is 14.9 Å². The highest BCUT2D eigenvalue weighted by Crippen LogP contribution is 2.18. The van der Waals surface area contributed by atoms with Crippen LogP contribution in [0.15, 0.2) is 24.3 Å². The minimum absolute atomic E-state index is 0.0445. The fourth-order valence-electron chi connectivity index (χ4n) is 3.01. The smallest absolute Gasteiger partial charge is 0.308 e. The van der Waals surface area contributed by atoms with Gasteiger partial charge in [-0.25, -0.2) is 0 Å². The summed E-state index contributed by atoms with van der Waals surface area (Å²) < 4.78 is 0. The number of carbonyl (C=O) groups is 3. The van der Waals surface area contributed by atoms with Crippen LogP contribution in [0.4, 0.5) is 0 Å². The lowest BCUT2D eigenvalue weighted by atomic mass is 9.98. The molecule has 2 rings (SSSR count). The molecule has 1 fully saturated rings. The Morgan fingerprint density at radius 3 is 2.44 bits per heavy atom. The average Bonchev–Trinajstić information content (AvgIpc) is 2.61. The lowest BCUT2D eigenvalue weighted by Crippen LogP contribution is -2.46. The number of benzene rings is 1. The van der Waals surface area contributed by atoms with E-state index < -0.39 is 11.9 Å². The van der Waals surface area contributed by atoms with Gasteiger partial charge in [0.25, 0.3) is 5.91 Å². The van der Waals surface area contributed by atoms with Crippen molar-refractivity contribution in [3.63, 3.8) is 0 Å². The molecule has 1 atom stereocenters. The molecule has 6 nitrogen and oxygen atoms in total. The van der Waals surface area contributed by atoms with Crippen LogP contribution in [-0.2, 0) is 9.59 Å². The number of nitrogens with zero attached hydrogens (tertiary/aromatic N) is 2. The summed E-state index contributed by atoms with van der Waals surface area (Å²) in [6, 6.07) is 7.41. The standard InChI is InChI=1S/C19H26N2O4/c1-13(2)14-6-8-15(9-7-14)18(23)20(3)12-17(22)21-10-4-5-16(11-21)19(24)25/h6-9,13,16H,4-5,10-12H2,1-3H3,(H,24,25). The normalized spacial score (nSPS) is 17.4. The van der Waals surface area contributed by atoms with E-state index in [0.29, 0.717) is 30.9 Å². The van der Waals surface area contributed by atoms with E-state index in [2.05, 4.69) is 13.8 Å². The van der Waals surface area contributed by atoms with Crippen molar-refractivity contribution in [2.45, 2.75) is 32.6 Å². The zero-order valence-corrected chi connectivity index (χ0v) is 15.1. The fraction of sp³-hybridized carbons (Fsp3) is 0.526. The molecule has 1 aromatic carbocycles. The molecule has 0 aromatic heterocycles. The van der Waals surface area contributed by atoms with E-state index in [0.717, 1.165) is 5.56 Å². The Labute approximate surface area is 148 Å². The van der Waals surface area contributed by atoms with Crippen LogP contribution < -0.4 is 0 Å². The molecule has 1 unspecified atom stereocenters.